The first-order valence-electron chi connectivity index (χ1n) is 8.08. The summed E-state index contributed by atoms with van der Waals surface area (Å²) in [5.74, 6) is -0.0157. The van der Waals surface area contributed by atoms with Gasteiger partial charge in [0.1, 0.15) is 0 Å². The van der Waals surface area contributed by atoms with E-state index in [-0.39, 0.29) is 5.91 Å². The smallest absolute Gasteiger partial charge is 0.274 e. The van der Waals surface area contributed by atoms with Crippen molar-refractivity contribution in [1.29, 1.82) is 0 Å². The Kier molecular flexibility index (Phi) is 3.86. The molecule has 1 amide bonds. The number of carbonyl (C=O) groups excluding carboxylic acids is 1. The summed E-state index contributed by atoms with van der Waals surface area (Å²) in [5.41, 5.74) is 3.91. The number of carbonyl (C=O) groups is 1. The molecule has 6 heteroatoms. The summed E-state index contributed by atoms with van der Waals surface area (Å²) >= 11 is 1.72. The fourth-order valence-corrected chi connectivity index (χ4v) is 4.22. The Balaban J connectivity index is 1.58. The van der Waals surface area contributed by atoms with Gasteiger partial charge in [-0.1, -0.05) is 18.2 Å². The molecule has 1 N–H and O–H groups in total. The van der Waals surface area contributed by atoms with Crippen molar-refractivity contribution in [2.75, 3.05) is 20.6 Å². The second kappa shape index (κ2) is 6.03. The molecule has 124 valence electrons. The number of nitrogens with one attached hydrogen (secondary N) is 1. The third-order valence-corrected chi connectivity index (χ3v) is 5.65. The third kappa shape index (κ3) is 2.61. The first-order valence-corrected chi connectivity index (χ1v) is 8.96. The number of hydrogen-bond donors (Lipinski definition) is 1. The zero-order valence-corrected chi connectivity index (χ0v) is 14.7. The Bertz CT molecular complexity index is 897. The van der Waals surface area contributed by atoms with E-state index in [0.717, 1.165) is 30.8 Å². The Hall–Kier alpha value is -2.18. The number of fused-ring (bicyclic) bond motifs is 2. The highest BCUT2D eigenvalue weighted by atomic mass is 32.1. The van der Waals surface area contributed by atoms with Gasteiger partial charge >= 0.3 is 0 Å². The topological polar surface area (TPSA) is 52.2 Å². The van der Waals surface area contributed by atoms with Crippen molar-refractivity contribution in [3.8, 4) is 0 Å². The average molecular weight is 340 g/mol. The van der Waals surface area contributed by atoms with Crippen molar-refractivity contribution in [1.82, 2.24) is 20.0 Å². The molecule has 24 heavy (non-hydrogen) atoms. The Labute approximate surface area is 144 Å². The second-order valence-electron chi connectivity index (χ2n) is 6.44. The lowest BCUT2D eigenvalue weighted by Gasteiger charge is -2.23. The fraction of sp³-hybridized carbons (Fsp3) is 0.333. The van der Waals surface area contributed by atoms with Crippen molar-refractivity contribution >= 4 is 27.3 Å². The van der Waals surface area contributed by atoms with Crippen molar-refractivity contribution in [2.45, 2.75) is 19.5 Å². The summed E-state index contributed by atoms with van der Waals surface area (Å²) in [4.78, 5) is 16.9. The molecule has 0 saturated carbocycles. The number of aromatic amines is 1. The lowest BCUT2D eigenvalue weighted by molar-refractivity contribution is 0.0777. The normalized spacial score (nSPS) is 14.8. The molecule has 4 rings (SSSR count). The van der Waals surface area contributed by atoms with E-state index in [4.69, 9.17) is 0 Å². The highest BCUT2D eigenvalue weighted by Crippen LogP contribution is 2.27. The molecule has 0 bridgehead atoms. The molecule has 0 spiro atoms. The average Bonchev–Trinajstić information content (AvgIpc) is 3.18. The first-order chi connectivity index (χ1) is 11.6. The maximum absolute atomic E-state index is 12.9. The van der Waals surface area contributed by atoms with Gasteiger partial charge in [-0.15, -0.1) is 11.3 Å². The summed E-state index contributed by atoms with van der Waals surface area (Å²) in [6.07, 6.45) is 0.922. The molecule has 0 saturated heterocycles. The van der Waals surface area contributed by atoms with Gasteiger partial charge in [-0.25, -0.2) is 0 Å². The van der Waals surface area contributed by atoms with E-state index in [2.05, 4.69) is 39.7 Å². The third-order valence-electron chi connectivity index (χ3n) is 4.64. The SMILES string of the molecule is CN1CCc2[nH]nc(C(=O)N(C)Cc3csc4ccccc34)c2C1. The molecule has 2 aromatic heterocycles. The minimum atomic E-state index is -0.0157. The highest BCUT2D eigenvalue weighted by molar-refractivity contribution is 7.17. The summed E-state index contributed by atoms with van der Waals surface area (Å²) < 4.78 is 1.26. The molecule has 0 fully saturated rings. The maximum Gasteiger partial charge on any atom is 0.274 e. The molecule has 0 atom stereocenters. The molecular weight excluding hydrogens is 320 g/mol. The predicted octanol–water partition coefficient (Wildman–Crippen LogP) is 2.88. The maximum atomic E-state index is 12.9. The van der Waals surface area contributed by atoms with E-state index in [9.17, 15) is 4.79 Å². The minimum absolute atomic E-state index is 0.0157. The van der Waals surface area contributed by atoms with Crippen LogP contribution in [0.15, 0.2) is 29.6 Å². The number of nitrogens with zero attached hydrogens (tertiary/aromatic N) is 3. The number of hydrogen-bond acceptors (Lipinski definition) is 4. The quantitative estimate of drug-likeness (QED) is 0.798. The van der Waals surface area contributed by atoms with Gasteiger partial charge in [0.2, 0.25) is 0 Å². The van der Waals surface area contributed by atoms with Crippen LogP contribution in [0.5, 0.6) is 0 Å². The predicted molar refractivity (Wildman–Crippen MR) is 96.2 cm³/mol. The number of thiophene rings is 1. The van der Waals surface area contributed by atoms with Gasteiger partial charge in [0.05, 0.1) is 0 Å². The summed E-state index contributed by atoms with van der Waals surface area (Å²) in [6, 6.07) is 8.32. The molecule has 3 heterocycles. The van der Waals surface area contributed by atoms with Gasteiger partial charge in [-0.2, -0.15) is 5.10 Å². The monoisotopic (exact) mass is 340 g/mol. The van der Waals surface area contributed by atoms with Gasteiger partial charge in [-0.3, -0.25) is 9.89 Å². The van der Waals surface area contributed by atoms with E-state index >= 15 is 0 Å². The van der Waals surface area contributed by atoms with Crippen LogP contribution in [0, 0.1) is 0 Å². The number of amides is 1. The molecule has 3 aromatic rings. The van der Waals surface area contributed by atoms with Crippen LogP contribution in [0.25, 0.3) is 10.1 Å². The fourth-order valence-electron chi connectivity index (χ4n) is 3.27. The zero-order chi connectivity index (χ0) is 16.7. The summed E-state index contributed by atoms with van der Waals surface area (Å²) in [5, 5.41) is 10.7. The van der Waals surface area contributed by atoms with Crippen LogP contribution >= 0.6 is 11.3 Å². The van der Waals surface area contributed by atoms with Gasteiger partial charge in [-0.05, 0) is 29.4 Å². The number of aromatic nitrogens is 2. The van der Waals surface area contributed by atoms with Crippen molar-refractivity contribution < 1.29 is 4.79 Å². The number of benzene rings is 1. The van der Waals surface area contributed by atoms with Gasteiger partial charge < -0.3 is 9.80 Å². The highest BCUT2D eigenvalue weighted by Gasteiger charge is 2.26. The molecule has 1 aromatic carbocycles. The molecule has 1 aliphatic heterocycles. The first kappa shape index (κ1) is 15.4. The van der Waals surface area contributed by atoms with Crippen LogP contribution < -0.4 is 0 Å². The van der Waals surface area contributed by atoms with Crippen molar-refractivity contribution in [3.63, 3.8) is 0 Å². The van der Waals surface area contributed by atoms with Crippen LogP contribution in [0.1, 0.15) is 27.3 Å². The lowest BCUT2D eigenvalue weighted by Crippen LogP contribution is -2.30. The van der Waals surface area contributed by atoms with Crippen LogP contribution in [0.2, 0.25) is 0 Å². The molecule has 5 nitrogen and oxygen atoms in total. The van der Waals surface area contributed by atoms with Crippen LogP contribution in [0.4, 0.5) is 0 Å². The minimum Gasteiger partial charge on any atom is -0.336 e. The van der Waals surface area contributed by atoms with Crippen LogP contribution in [0.3, 0.4) is 0 Å². The van der Waals surface area contributed by atoms with E-state index in [1.807, 2.05) is 19.2 Å². The second-order valence-corrected chi connectivity index (χ2v) is 7.35. The molecule has 0 radical (unpaired) electrons. The largest absolute Gasteiger partial charge is 0.336 e. The van der Waals surface area contributed by atoms with Crippen LogP contribution in [-0.2, 0) is 19.5 Å². The van der Waals surface area contributed by atoms with Crippen molar-refractivity contribution in [3.05, 3.63) is 52.2 Å². The molecule has 0 unspecified atom stereocenters. The van der Waals surface area contributed by atoms with Crippen molar-refractivity contribution in [2.24, 2.45) is 0 Å². The lowest BCUT2D eigenvalue weighted by atomic mass is 10.1. The Morgan fingerprint density at radius 2 is 2.25 bits per heavy atom. The molecular formula is C18H20N4OS. The van der Waals surface area contributed by atoms with E-state index in [0.29, 0.717) is 12.2 Å². The summed E-state index contributed by atoms with van der Waals surface area (Å²) in [6.45, 7) is 2.38. The van der Waals surface area contributed by atoms with Gasteiger partial charge in [0.15, 0.2) is 5.69 Å². The zero-order valence-electron chi connectivity index (χ0n) is 13.9. The Morgan fingerprint density at radius 3 is 3.12 bits per heavy atom. The molecule has 0 aliphatic carbocycles. The number of H-pyrrole nitrogens is 1. The van der Waals surface area contributed by atoms with Gasteiger partial charge in [0, 0.05) is 49.1 Å². The van der Waals surface area contributed by atoms with E-state index in [1.54, 1.807) is 16.2 Å². The van der Waals surface area contributed by atoms with E-state index < -0.39 is 0 Å². The van der Waals surface area contributed by atoms with Crippen LogP contribution in [-0.4, -0.2) is 46.5 Å². The van der Waals surface area contributed by atoms with Gasteiger partial charge in [0.25, 0.3) is 5.91 Å². The summed E-state index contributed by atoms with van der Waals surface area (Å²) in [7, 11) is 3.92. The number of likely N-dealkylation sites (N-methyl/N-ethyl adjacent to an activating group) is 1. The standard InChI is InChI=1S/C18H20N4OS/c1-21-8-7-15-14(10-21)17(20-19-15)18(23)22(2)9-12-11-24-16-6-4-3-5-13(12)16/h3-6,11H,7-10H2,1-2H3,(H,19,20). The number of rotatable bonds is 3. The Morgan fingerprint density at radius 1 is 1.42 bits per heavy atom. The van der Waals surface area contributed by atoms with E-state index in [1.165, 1.54) is 15.6 Å². The molecule has 1 aliphatic rings.